The lowest BCUT2D eigenvalue weighted by Gasteiger charge is -1.86. The Hall–Kier alpha value is -2.60. The molecule has 0 amide bonds. The van der Waals surface area contributed by atoms with Crippen LogP contribution in [-0.4, -0.2) is 0 Å². The molecule has 0 spiro atoms. The SMILES string of the molecule is C1=CCC=C1.C=Cc1ccccc1.CC=Cc1ccccc1. The summed E-state index contributed by atoms with van der Waals surface area (Å²) < 4.78 is 0. The second-order valence-electron chi connectivity index (χ2n) is 4.62. The Morgan fingerprint density at radius 2 is 1.27 bits per heavy atom. The van der Waals surface area contributed by atoms with Gasteiger partial charge in [-0.25, -0.2) is 0 Å². The van der Waals surface area contributed by atoms with Crippen LogP contribution in [0.15, 0.2) is 97.6 Å². The fourth-order valence-electron chi connectivity index (χ4n) is 1.74. The average molecular weight is 288 g/mol. The minimum Gasteiger partial charge on any atom is -0.0985 e. The summed E-state index contributed by atoms with van der Waals surface area (Å²) in [7, 11) is 0. The van der Waals surface area contributed by atoms with Gasteiger partial charge < -0.3 is 0 Å². The smallest absolute Gasteiger partial charge is 0.0163 e. The molecule has 1 aliphatic rings. The quantitative estimate of drug-likeness (QED) is 0.587. The van der Waals surface area contributed by atoms with Gasteiger partial charge >= 0.3 is 0 Å². The Labute approximate surface area is 134 Å². The lowest BCUT2D eigenvalue weighted by molar-refractivity contribution is 1.45. The van der Waals surface area contributed by atoms with Gasteiger partial charge in [0.1, 0.15) is 0 Å². The molecule has 0 nitrogen and oxygen atoms in total. The van der Waals surface area contributed by atoms with Gasteiger partial charge in [0.25, 0.3) is 0 Å². The molecule has 0 heteroatoms. The normalized spacial score (nSPS) is 11.3. The van der Waals surface area contributed by atoms with Gasteiger partial charge in [0, 0.05) is 0 Å². The first-order valence-electron chi connectivity index (χ1n) is 7.53. The molecule has 22 heavy (non-hydrogen) atoms. The molecule has 2 aromatic carbocycles. The number of allylic oxidation sites excluding steroid dienone is 5. The fourth-order valence-corrected chi connectivity index (χ4v) is 1.74. The van der Waals surface area contributed by atoms with E-state index in [1.54, 1.807) is 0 Å². The highest BCUT2D eigenvalue weighted by Crippen LogP contribution is 1.99. The molecule has 0 saturated carbocycles. The van der Waals surface area contributed by atoms with Gasteiger partial charge in [-0.3, -0.25) is 0 Å². The van der Waals surface area contributed by atoms with E-state index in [-0.39, 0.29) is 0 Å². The van der Waals surface area contributed by atoms with Gasteiger partial charge in [-0.1, -0.05) is 110 Å². The summed E-state index contributed by atoms with van der Waals surface area (Å²) in [6.45, 7) is 5.65. The van der Waals surface area contributed by atoms with E-state index in [9.17, 15) is 0 Å². The Kier molecular flexibility index (Phi) is 9.65. The first-order valence-corrected chi connectivity index (χ1v) is 7.53. The van der Waals surface area contributed by atoms with Crippen molar-refractivity contribution in [3.63, 3.8) is 0 Å². The summed E-state index contributed by atoms with van der Waals surface area (Å²) in [6.07, 6.45) is 15.5. The van der Waals surface area contributed by atoms with Gasteiger partial charge in [-0.05, 0) is 24.5 Å². The Balaban J connectivity index is 0.000000171. The van der Waals surface area contributed by atoms with Crippen molar-refractivity contribution >= 4 is 12.2 Å². The maximum absolute atomic E-state index is 3.63. The molecule has 0 N–H and O–H groups in total. The number of rotatable bonds is 2. The highest BCUT2D eigenvalue weighted by atomic mass is 13.8. The second kappa shape index (κ2) is 12.2. The van der Waals surface area contributed by atoms with Crippen LogP contribution in [0.3, 0.4) is 0 Å². The molecule has 0 aromatic heterocycles. The Bertz CT molecular complexity index is 576. The van der Waals surface area contributed by atoms with E-state index in [1.165, 1.54) is 11.1 Å². The summed E-state index contributed by atoms with van der Waals surface area (Å²) >= 11 is 0. The maximum Gasteiger partial charge on any atom is -0.0163 e. The third kappa shape index (κ3) is 8.55. The molecule has 0 radical (unpaired) electrons. The summed E-state index contributed by atoms with van der Waals surface area (Å²) in [5.74, 6) is 0. The van der Waals surface area contributed by atoms with Crippen molar-refractivity contribution in [1.82, 2.24) is 0 Å². The minimum absolute atomic E-state index is 1.14. The number of hydrogen-bond acceptors (Lipinski definition) is 0. The van der Waals surface area contributed by atoms with E-state index in [2.05, 4.69) is 49.1 Å². The maximum atomic E-state index is 3.63. The summed E-state index contributed by atoms with van der Waals surface area (Å²) in [4.78, 5) is 0. The molecule has 0 atom stereocenters. The molecule has 0 aliphatic heterocycles. The molecule has 3 rings (SSSR count). The number of hydrogen-bond donors (Lipinski definition) is 0. The average Bonchev–Trinajstić information content (AvgIpc) is 3.17. The van der Waals surface area contributed by atoms with Gasteiger partial charge in [0.2, 0.25) is 0 Å². The molecule has 0 bridgehead atoms. The third-order valence-corrected chi connectivity index (χ3v) is 2.85. The molecule has 2 aromatic rings. The standard InChI is InChI=1S/C9H10.C8H8.C5H6/c1-2-6-9-7-4-3-5-8-9;1-2-8-6-4-3-5-7-8;1-2-4-5-3-1/h2-8H,1H3;2-7H,1H2;1-4H,5H2. The summed E-state index contributed by atoms with van der Waals surface area (Å²) in [6, 6.07) is 20.3. The highest BCUT2D eigenvalue weighted by molar-refractivity contribution is 5.48. The molecular formula is C22H24. The van der Waals surface area contributed by atoms with E-state index in [0.717, 1.165) is 6.42 Å². The molecule has 0 saturated heterocycles. The van der Waals surface area contributed by atoms with E-state index in [4.69, 9.17) is 0 Å². The zero-order valence-corrected chi connectivity index (χ0v) is 13.2. The highest BCUT2D eigenvalue weighted by Gasteiger charge is 1.77. The van der Waals surface area contributed by atoms with Crippen molar-refractivity contribution in [3.8, 4) is 0 Å². The number of benzene rings is 2. The van der Waals surface area contributed by atoms with Crippen molar-refractivity contribution in [2.75, 3.05) is 0 Å². The van der Waals surface area contributed by atoms with E-state index in [1.807, 2.05) is 67.6 Å². The molecule has 0 heterocycles. The van der Waals surface area contributed by atoms with Crippen molar-refractivity contribution in [3.05, 3.63) is 109 Å². The molecule has 112 valence electrons. The lowest BCUT2D eigenvalue weighted by Crippen LogP contribution is -1.65. The van der Waals surface area contributed by atoms with E-state index >= 15 is 0 Å². The topological polar surface area (TPSA) is 0 Å². The van der Waals surface area contributed by atoms with Gasteiger partial charge in [0.05, 0.1) is 0 Å². The van der Waals surface area contributed by atoms with Crippen LogP contribution in [0.25, 0.3) is 12.2 Å². The van der Waals surface area contributed by atoms with Gasteiger partial charge in [0.15, 0.2) is 0 Å². The van der Waals surface area contributed by atoms with Gasteiger partial charge in [-0.15, -0.1) is 0 Å². The van der Waals surface area contributed by atoms with Gasteiger partial charge in [-0.2, -0.15) is 0 Å². The predicted molar refractivity (Wildman–Crippen MR) is 101 cm³/mol. The predicted octanol–water partition coefficient (Wildman–Crippen LogP) is 6.55. The molecular weight excluding hydrogens is 264 g/mol. The molecule has 1 aliphatic carbocycles. The lowest BCUT2D eigenvalue weighted by atomic mass is 10.2. The molecule has 0 fully saturated rings. The Morgan fingerprint density at radius 3 is 1.59 bits per heavy atom. The van der Waals surface area contributed by atoms with Crippen LogP contribution in [0.2, 0.25) is 0 Å². The van der Waals surface area contributed by atoms with Crippen LogP contribution in [0.4, 0.5) is 0 Å². The molecule has 0 unspecified atom stereocenters. The van der Waals surface area contributed by atoms with Crippen molar-refractivity contribution in [2.24, 2.45) is 0 Å². The summed E-state index contributed by atoms with van der Waals surface area (Å²) in [5, 5.41) is 0. The van der Waals surface area contributed by atoms with E-state index < -0.39 is 0 Å². The fraction of sp³-hybridized carbons (Fsp3) is 0.0909. The van der Waals surface area contributed by atoms with Crippen LogP contribution in [-0.2, 0) is 0 Å². The monoisotopic (exact) mass is 288 g/mol. The van der Waals surface area contributed by atoms with Crippen LogP contribution in [0.1, 0.15) is 24.5 Å². The first kappa shape index (κ1) is 17.5. The Morgan fingerprint density at radius 1 is 0.773 bits per heavy atom. The minimum atomic E-state index is 1.14. The largest absolute Gasteiger partial charge is 0.0985 e. The van der Waals surface area contributed by atoms with E-state index in [0.29, 0.717) is 0 Å². The summed E-state index contributed by atoms with van der Waals surface area (Å²) in [5.41, 5.74) is 2.44. The van der Waals surface area contributed by atoms with Crippen molar-refractivity contribution in [1.29, 1.82) is 0 Å². The first-order chi connectivity index (χ1) is 10.9. The van der Waals surface area contributed by atoms with Crippen molar-refractivity contribution in [2.45, 2.75) is 13.3 Å². The van der Waals surface area contributed by atoms with Crippen LogP contribution < -0.4 is 0 Å². The zero-order valence-electron chi connectivity index (χ0n) is 13.2. The third-order valence-electron chi connectivity index (χ3n) is 2.85. The van der Waals surface area contributed by atoms with Crippen LogP contribution >= 0.6 is 0 Å². The zero-order chi connectivity index (χ0) is 15.9. The van der Waals surface area contributed by atoms with Crippen LogP contribution in [0, 0.1) is 0 Å². The van der Waals surface area contributed by atoms with Crippen molar-refractivity contribution < 1.29 is 0 Å². The van der Waals surface area contributed by atoms with Crippen LogP contribution in [0.5, 0.6) is 0 Å². The second-order valence-corrected chi connectivity index (χ2v) is 4.62.